The molecule has 4 rings (SSSR count). The molecule has 2 saturated heterocycles. The summed E-state index contributed by atoms with van der Waals surface area (Å²) in [5.74, 6) is 0.997. The number of hydrogen-bond acceptors (Lipinski definition) is 2. The fraction of sp³-hybridized carbons (Fsp3) is 0.611. The highest BCUT2D eigenvalue weighted by molar-refractivity contribution is 5.93. The van der Waals surface area contributed by atoms with E-state index in [1.54, 1.807) is 0 Å². The van der Waals surface area contributed by atoms with Crippen molar-refractivity contribution in [1.29, 1.82) is 0 Å². The molecule has 1 unspecified atom stereocenters. The number of anilines is 1. The molecule has 3 heteroatoms. The van der Waals surface area contributed by atoms with E-state index in [-0.39, 0.29) is 5.91 Å². The van der Waals surface area contributed by atoms with Crippen molar-refractivity contribution >= 4 is 11.6 Å². The average Bonchev–Trinajstić information content (AvgIpc) is 2.70. The first-order chi connectivity index (χ1) is 10.2. The molecule has 3 aliphatic rings. The molecule has 3 heterocycles. The number of fused-ring (bicyclic) bond motifs is 3. The lowest BCUT2D eigenvalue weighted by Gasteiger charge is -2.36. The second kappa shape index (κ2) is 5.13. The number of nitrogens with one attached hydrogen (secondary N) is 1. The molecule has 1 N–H and O–H groups in total. The molecular weight excluding hydrogens is 260 g/mol. The van der Waals surface area contributed by atoms with Gasteiger partial charge in [0.05, 0.1) is 0 Å². The van der Waals surface area contributed by atoms with Gasteiger partial charge in [-0.3, -0.25) is 4.79 Å². The zero-order valence-electron chi connectivity index (χ0n) is 12.8. The number of carbonyl (C=O) groups is 1. The fourth-order valence-corrected chi connectivity index (χ4v) is 4.59. The molecule has 3 aliphatic heterocycles. The molecule has 0 radical (unpaired) electrons. The monoisotopic (exact) mass is 284 g/mol. The number of rotatable bonds is 2. The van der Waals surface area contributed by atoms with Gasteiger partial charge in [-0.15, -0.1) is 0 Å². The fourth-order valence-electron chi connectivity index (χ4n) is 4.59. The van der Waals surface area contributed by atoms with Gasteiger partial charge in [0.2, 0.25) is 5.91 Å². The summed E-state index contributed by atoms with van der Waals surface area (Å²) >= 11 is 0. The van der Waals surface area contributed by atoms with Crippen LogP contribution in [0.3, 0.4) is 0 Å². The molecule has 2 fully saturated rings. The summed E-state index contributed by atoms with van der Waals surface area (Å²) in [7, 11) is 2.31. The lowest BCUT2D eigenvalue weighted by atomic mass is 9.85. The maximum Gasteiger partial charge on any atom is 0.224 e. The maximum atomic E-state index is 11.4. The van der Waals surface area contributed by atoms with Gasteiger partial charge in [-0.1, -0.05) is 12.1 Å². The highest BCUT2D eigenvalue weighted by Gasteiger charge is 2.38. The summed E-state index contributed by atoms with van der Waals surface area (Å²) in [5, 5.41) is 2.98. The average molecular weight is 284 g/mol. The standard InChI is InChI=1S/C18H24N2O/c1-20-15-4-5-16(20)11-13(10-15)8-12-2-6-17-14(9-12)3-7-18(21)19-17/h2,6,9,13,15-16H,3-5,7-8,10-11H2,1H3,(H,19,21)/t13?,15-,16+. The molecule has 1 aromatic carbocycles. The van der Waals surface area contributed by atoms with Crippen molar-refractivity contribution in [2.45, 2.75) is 57.0 Å². The van der Waals surface area contributed by atoms with Crippen LogP contribution in [0.1, 0.15) is 43.2 Å². The third-order valence-electron chi connectivity index (χ3n) is 5.79. The number of piperidine rings is 1. The van der Waals surface area contributed by atoms with Crippen LogP contribution in [-0.2, 0) is 17.6 Å². The largest absolute Gasteiger partial charge is 0.326 e. The molecule has 1 amide bonds. The van der Waals surface area contributed by atoms with Gasteiger partial charge < -0.3 is 10.2 Å². The predicted molar refractivity (Wildman–Crippen MR) is 84.4 cm³/mol. The Morgan fingerprint density at radius 2 is 1.95 bits per heavy atom. The van der Waals surface area contributed by atoms with Crippen molar-refractivity contribution in [2.24, 2.45) is 5.92 Å². The van der Waals surface area contributed by atoms with E-state index in [1.165, 1.54) is 43.2 Å². The molecule has 21 heavy (non-hydrogen) atoms. The first-order valence-electron chi connectivity index (χ1n) is 8.32. The van der Waals surface area contributed by atoms with E-state index in [9.17, 15) is 4.79 Å². The number of carbonyl (C=O) groups excluding carboxylic acids is 1. The molecule has 112 valence electrons. The van der Waals surface area contributed by atoms with Gasteiger partial charge in [0.1, 0.15) is 0 Å². The second-order valence-electron chi connectivity index (χ2n) is 7.13. The SMILES string of the molecule is CN1[C@@H]2CC[C@H]1CC(Cc1ccc3c(c1)CCC(=O)N3)C2. The number of hydrogen-bond donors (Lipinski definition) is 1. The summed E-state index contributed by atoms with van der Waals surface area (Å²) < 4.78 is 0. The van der Waals surface area contributed by atoms with Crippen LogP contribution < -0.4 is 5.32 Å². The second-order valence-corrected chi connectivity index (χ2v) is 7.13. The Morgan fingerprint density at radius 3 is 2.71 bits per heavy atom. The van der Waals surface area contributed by atoms with Crippen LogP contribution in [0.15, 0.2) is 18.2 Å². The van der Waals surface area contributed by atoms with Crippen molar-refractivity contribution in [3.05, 3.63) is 29.3 Å². The Hall–Kier alpha value is -1.35. The van der Waals surface area contributed by atoms with E-state index in [2.05, 4.69) is 35.5 Å². The van der Waals surface area contributed by atoms with Gasteiger partial charge in [-0.05, 0) is 68.7 Å². The van der Waals surface area contributed by atoms with E-state index in [4.69, 9.17) is 0 Å². The van der Waals surface area contributed by atoms with Crippen LogP contribution >= 0.6 is 0 Å². The minimum absolute atomic E-state index is 0.155. The van der Waals surface area contributed by atoms with Gasteiger partial charge in [0.15, 0.2) is 0 Å². The van der Waals surface area contributed by atoms with Crippen molar-refractivity contribution < 1.29 is 4.79 Å². The summed E-state index contributed by atoms with van der Waals surface area (Å²) in [5.41, 5.74) is 3.81. The Kier molecular flexibility index (Phi) is 3.26. The smallest absolute Gasteiger partial charge is 0.224 e. The molecular formula is C18H24N2O. The summed E-state index contributed by atoms with van der Waals surface area (Å²) in [6, 6.07) is 8.29. The molecule has 2 bridgehead atoms. The van der Waals surface area contributed by atoms with Crippen molar-refractivity contribution in [1.82, 2.24) is 4.90 Å². The van der Waals surface area contributed by atoms with Gasteiger partial charge in [-0.2, -0.15) is 0 Å². The van der Waals surface area contributed by atoms with E-state index in [1.807, 2.05) is 0 Å². The van der Waals surface area contributed by atoms with E-state index >= 15 is 0 Å². The Balaban J connectivity index is 1.47. The Morgan fingerprint density at radius 1 is 1.19 bits per heavy atom. The number of nitrogens with zero attached hydrogens (tertiary/aromatic N) is 1. The van der Waals surface area contributed by atoms with Crippen LogP contribution in [0.25, 0.3) is 0 Å². The molecule has 1 aromatic rings. The normalized spacial score (nSPS) is 31.9. The van der Waals surface area contributed by atoms with Crippen LogP contribution in [-0.4, -0.2) is 29.9 Å². The zero-order valence-corrected chi connectivity index (χ0v) is 12.8. The first kappa shape index (κ1) is 13.3. The van der Waals surface area contributed by atoms with Gasteiger partial charge in [0.25, 0.3) is 0 Å². The summed E-state index contributed by atoms with van der Waals surface area (Å²) in [6.07, 6.45) is 8.26. The lowest BCUT2D eigenvalue weighted by molar-refractivity contribution is -0.116. The molecule has 0 saturated carbocycles. The van der Waals surface area contributed by atoms with Crippen LogP contribution in [0.4, 0.5) is 5.69 Å². The number of aryl methyl sites for hydroxylation is 1. The minimum atomic E-state index is 0.155. The van der Waals surface area contributed by atoms with Crippen LogP contribution in [0, 0.1) is 5.92 Å². The van der Waals surface area contributed by atoms with Crippen molar-refractivity contribution in [2.75, 3.05) is 12.4 Å². The summed E-state index contributed by atoms with van der Waals surface area (Å²) in [6.45, 7) is 0. The third kappa shape index (κ3) is 2.48. The zero-order chi connectivity index (χ0) is 14.4. The quantitative estimate of drug-likeness (QED) is 0.905. The van der Waals surface area contributed by atoms with E-state index in [0.29, 0.717) is 6.42 Å². The molecule has 0 spiro atoms. The van der Waals surface area contributed by atoms with E-state index < -0.39 is 0 Å². The van der Waals surface area contributed by atoms with E-state index in [0.717, 1.165) is 30.1 Å². The lowest BCUT2D eigenvalue weighted by Crippen LogP contribution is -2.40. The topological polar surface area (TPSA) is 32.3 Å². The third-order valence-corrected chi connectivity index (χ3v) is 5.79. The Labute approximate surface area is 126 Å². The molecule has 0 aliphatic carbocycles. The maximum absolute atomic E-state index is 11.4. The van der Waals surface area contributed by atoms with Crippen LogP contribution in [0.5, 0.6) is 0 Å². The highest BCUT2D eigenvalue weighted by Crippen LogP contribution is 2.39. The molecule has 3 nitrogen and oxygen atoms in total. The van der Waals surface area contributed by atoms with Gasteiger partial charge in [0, 0.05) is 24.2 Å². The predicted octanol–water partition coefficient (Wildman–Crippen LogP) is 2.99. The minimum Gasteiger partial charge on any atom is -0.326 e. The van der Waals surface area contributed by atoms with Gasteiger partial charge in [-0.25, -0.2) is 0 Å². The molecule has 0 aromatic heterocycles. The summed E-state index contributed by atoms with van der Waals surface area (Å²) in [4.78, 5) is 14.0. The molecule has 3 atom stereocenters. The number of amides is 1. The van der Waals surface area contributed by atoms with Gasteiger partial charge >= 0.3 is 0 Å². The van der Waals surface area contributed by atoms with Crippen molar-refractivity contribution in [3.63, 3.8) is 0 Å². The Bertz CT molecular complexity index is 554. The highest BCUT2D eigenvalue weighted by atomic mass is 16.1. The van der Waals surface area contributed by atoms with Crippen molar-refractivity contribution in [3.8, 4) is 0 Å². The van der Waals surface area contributed by atoms with Crippen LogP contribution in [0.2, 0.25) is 0 Å². The number of benzene rings is 1. The first-order valence-corrected chi connectivity index (χ1v) is 8.32.